The van der Waals surface area contributed by atoms with Gasteiger partial charge in [0.2, 0.25) is 0 Å². The lowest BCUT2D eigenvalue weighted by Crippen LogP contribution is -2.12. The predicted octanol–water partition coefficient (Wildman–Crippen LogP) is 4.89. The maximum Gasteiger partial charge on any atom is 0.338 e. The number of anilines is 4. The summed E-state index contributed by atoms with van der Waals surface area (Å²) in [6.07, 6.45) is 3.17. The van der Waals surface area contributed by atoms with Crippen molar-refractivity contribution in [3.05, 3.63) is 75.9 Å². The molecule has 4 aromatic rings. The zero-order valence-electron chi connectivity index (χ0n) is 21.3. The van der Waals surface area contributed by atoms with Crippen molar-refractivity contribution in [2.75, 3.05) is 36.1 Å². The maximum atomic E-state index is 13.1. The minimum Gasteiger partial charge on any atom is -0.491 e. The van der Waals surface area contributed by atoms with Crippen molar-refractivity contribution < 1.29 is 18.7 Å². The Kier molecular flexibility index (Phi) is 8.06. The number of rotatable bonds is 10. The normalized spacial score (nSPS) is 11.0. The summed E-state index contributed by atoms with van der Waals surface area (Å²) in [5.74, 6) is 0.406. The van der Waals surface area contributed by atoms with Crippen molar-refractivity contribution in [3.63, 3.8) is 0 Å². The number of hydrogen-bond acceptors (Lipinski definition) is 9. The molecule has 198 valence electrons. The van der Waals surface area contributed by atoms with Crippen molar-refractivity contribution >= 4 is 39.7 Å². The third-order valence-corrected chi connectivity index (χ3v) is 6.23. The van der Waals surface area contributed by atoms with Gasteiger partial charge in [-0.1, -0.05) is 30.3 Å². The highest BCUT2D eigenvalue weighted by Crippen LogP contribution is 2.36. The lowest BCUT2D eigenvalue weighted by molar-refractivity contribution is 0.0497. The van der Waals surface area contributed by atoms with Gasteiger partial charge in [-0.15, -0.1) is 0 Å². The van der Waals surface area contributed by atoms with Crippen LogP contribution in [-0.2, 0) is 4.74 Å². The van der Waals surface area contributed by atoms with E-state index in [2.05, 4.69) is 0 Å². The summed E-state index contributed by atoms with van der Waals surface area (Å²) < 4.78 is 17.3. The van der Waals surface area contributed by atoms with E-state index < -0.39 is 5.97 Å². The zero-order chi connectivity index (χ0) is 27.2. The van der Waals surface area contributed by atoms with Crippen LogP contribution in [0, 0.1) is 6.92 Å². The van der Waals surface area contributed by atoms with E-state index in [-0.39, 0.29) is 22.2 Å². The molecule has 0 unspecified atom stereocenters. The first-order chi connectivity index (χ1) is 18.3. The monoisotopic (exact) mass is 516 g/mol. The summed E-state index contributed by atoms with van der Waals surface area (Å²) in [4.78, 5) is 25.2. The molecular formula is C29H32N4O5. The topological polar surface area (TPSA) is 170 Å². The van der Waals surface area contributed by atoms with Crippen molar-refractivity contribution in [2.45, 2.75) is 32.6 Å². The third kappa shape index (κ3) is 5.83. The largest absolute Gasteiger partial charge is 0.491 e. The molecule has 9 heteroatoms. The second-order valence-corrected chi connectivity index (χ2v) is 9.11. The molecule has 0 aliphatic rings. The number of nitrogens with two attached hydrogens (primary N) is 4. The molecule has 0 spiro atoms. The molecule has 0 saturated carbocycles. The van der Waals surface area contributed by atoms with Crippen molar-refractivity contribution in [2.24, 2.45) is 0 Å². The van der Waals surface area contributed by atoms with E-state index >= 15 is 0 Å². The van der Waals surface area contributed by atoms with Crippen LogP contribution in [-0.4, -0.2) is 19.2 Å². The summed E-state index contributed by atoms with van der Waals surface area (Å²) in [5, 5.41) is 0.252. The number of fused-ring (bicyclic) bond motifs is 1. The number of carbonyl (C=O) groups excluding carboxylic acids is 1. The first-order valence-corrected chi connectivity index (χ1v) is 12.4. The first kappa shape index (κ1) is 26.4. The number of nitrogen functional groups attached to an aromatic ring is 4. The minimum atomic E-state index is -0.450. The Morgan fingerprint density at radius 1 is 0.842 bits per heavy atom. The molecule has 1 heterocycles. The Bertz CT molecular complexity index is 1500. The molecule has 0 atom stereocenters. The number of benzene rings is 3. The average molecular weight is 517 g/mol. The lowest BCUT2D eigenvalue weighted by atomic mass is 10.0. The van der Waals surface area contributed by atoms with Crippen LogP contribution in [0.4, 0.5) is 22.7 Å². The van der Waals surface area contributed by atoms with E-state index in [0.717, 1.165) is 24.8 Å². The van der Waals surface area contributed by atoms with Gasteiger partial charge >= 0.3 is 5.97 Å². The molecule has 8 N–H and O–H groups in total. The van der Waals surface area contributed by atoms with Crippen LogP contribution in [0.3, 0.4) is 0 Å². The van der Waals surface area contributed by atoms with Gasteiger partial charge in [0.05, 0.1) is 35.5 Å². The Hall–Kier alpha value is -4.66. The minimum absolute atomic E-state index is 0.151. The molecule has 38 heavy (non-hydrogen) atoms. The molecule has 0 bridgehead atoms. The molecule has 0 saturated heterocycles. The smallest absolute Gasteiger partial charge is 0.338 e. The van der Waals surface area contributed by atoms with Crippen LogP contribution >= 0.6 is 0 Å². The standard InChI is InChI=1S/C29H32N4O5/c1-17-27(34)24-22(38-28(17)18-9-5-4-6-10-18)16-23(25(32)26(24)33)36-11-7-2-3-8-12-37-29(35)19-13-20(30)15-21(31)14-19/h4-6,9-10,13-16H,2-3,7-8,11-12,30-33H2,1H3. The Morgan fingerprint density at radius 3 is 2.18 bits per heavy atom. The summed E-state index contributed by atoms with van der Waals surface area (Å²) in [6.45, 7) is 2.41. The molecule has 1 aromatic heterocycles. The molecule has 3 aromatic carbocycles. The van der Waals surface area contributed by atoms with Crippen LogP contribution in [0.15, 0.2) is 63.8 Å². The third-order valence-electron chi connectivity index (χ3n) is 6.23. The van der Waals surface area contributed by atoms with E-state index in [4.69, 9.17) is 36.8 Å². The van der Waals surface area contributed by atoms with Gasteiger partial charge in [0.25, 0.3) is 0 Å². The van der Waals surface area contributed by atoms with Crippen molar-refractivity contribution in [1.29, 1.82) is 0 Å². The van der Waals surface area contributed by atoms with Crippen molar-refractivity contribution in [1.82, 2.24) is 0 Å². The summed E-state index contributed by atoms with van der Waals surface area (Å²) in [7, 11) is 0. The molecule has 0 amide bonds. The van der Waals surface area contributed by atoms with Crippen LogP contribution < -0.4 is 33.1 Å². The molecule has 0 radical (unpaired) electrons. The zero-order valence-corrected chi connectivity index (χ0v) is 21.3. The van der Waals surface area contributed by atoms with Crippen LogP contribution in [0.1, 0.15) is 41.6 Å². The second kappa shape index (κ2) is 11.6. The van der Waals surface area contributed by atoms with E-state index in [1.54, 1.807) is 19.1 Å². The highest BCUT2D eigenvalue weighted by atomic mass is 16.5. The summed E-state index contributed by atoms with van der Waals surface area (Å²) in [5.41, 5.74) is 26.8. The fourth-order valence-corrected chi connectivity index (χ4v) is 4.23. The average Bonchev–Trinajstić information content (AvgIpc) is 2.90. The molecule has 0 aliphatic heterocycles. The summed E-state index contributed by atoms with van der Waals surface area (Å²) >= 11 is 0. The van der Waals surface area contributed by atoms with Gasteiger partial charge in [0.1, 0.15) is 17.1 Å². The number of carbonyl (C=O) groups is 1. The lowest BCUT2D eigenvalue weighted by Gasteiger charge is -2.14. The van der Waals surface area contributed by atoms with E-state index in [9.17, 15) is 9.59 Å². The van der Waals surface area contributed by atoms with Gasteiger partial charge in [-0.05, 0) is 50.8 Å². The van der Waals surface area contributed by atoms with Gasteiger partial charge in [0.15, 0.2) is 5.43 Å². The first-order valence-electron chi connectivity index (χ1n) is 12.4. The Labute approximate surface area is 220 Å². The number of esters is 1. The predicted molar refractivity (Wildman–Crippen MR) is 151 cm³/mol. The van der Waals surface area contributed by atoms with E-state index in [1.165, 1.54) is 12.1 Å². The van der Waals surface area contributed by atoms with E-state index in [0.29, 0.717) is 59.2 Å². The molecule has 0 aliphatic carbocycles. The van der Waals surface area contributed by atoms with Gasteiger partial charge in [-0.2, -0.15) is 0 Å². The quantitative estimate of drug-likeness (QED) is 0.130. The molecule has 4 rings (SSSR count). The maximum absolute atomic E-state index is 13.1. The van der Waals surface area contributed by atoms with Gasteiger partial charge in [0, 0.05) is 28.6 Å². The summed E-state index contributed by atoms with van der Waals surface area (Å²) in [6, 6.07) is 15.7. The Morgan fingerprint density at radius 2 is 1.50 bits per heavy atom. The van der Waals surface area contributed by atoms with Gasteiger partial charge in [-0.25, -0.2) is 4.79 Å². The van der Waals surface area contributed by atoms with Crippen LogP contribution in [0.2, 0.25) is 0 Å². The second-order valence-electron chi connectivity index (χ2n) is 9.11. The fourth-order valence-electron chi connectivity index (χ4n) is 4.23. The number of hydrogen-bond donors (Lipinski definition) is 4. The Balaban J connectivity index is 1.31. The highest BCUT2D eigenvalue weighted by Gasteiger charge is 2.19. The number of ether oxygens (including phenoxy) is 2. The van der Waals surface area contributed by atoms with E-state index in [1.807, 2.05) is 30.3 Å². The molecule has 0 fully saturated rings. The number of unbranched alkanes of at least 4 members (excludes halogenated alkanes) is 3. The van der Waals surface area contributed by atoms with Crippen LogP contribution in [0.25, 0.3) is 22.3 Å². The van der Waals surface area contributed by atoms with Gasteiger partial charge in [-0.3, -0.25) is 4.79 Å². The SMILES string of the molecule is Cc1c(-c2ccccc2)oc2cc(OCCCCCCOC(=O)c3cc(N)cc(N)c3)c(N)c(N)c2c1=O. The van der Waals surface area contributed by atoms with Gasteiger partial charge < -0.3 is 36.8 Å². The van der Waals surface area contributed by atoms with Crippen molar-refractivity contribution in [3.8, 4) is 17.1 Å². The van der Waals surface area contributed by atoms with Crippen LogP contribution in [0.5, 0.6) is 5.75 Å². The highest BCUT2D eigenvalue weighted by molar-refractivity contribution is 5.99. The molecule has 9 nitrogen and oxygen atoms in total. The molecular weight excluding hydrogens is 484 g/mol. The fraction of sp³-hybridized carbons (Fsp3) is 0.241.